The maximum Gasteiger partial charge on any atom is 0.273 e. The summed E-state index contributed by atoms with van der Waals surface area (Å²) in [5, 5.41) is 14.0. The van der Waals surface area contributed by atoms with E-state index >= 15 is 0 Å². The van der Waals surface area contributed by atoms with Gasteiger partial charge < -0.3 is 9.88 Å². The molecule has 0 saturated heterocycles. The van der Waals surface area contributed by atoms with Crippen molar-refractivity contribution in [1.29, 1.82) is 0 Å². The highest BCUT2D eigenvalue weighted by Crippen LogP contribution is 2.30. The highest BCUT2D eigenvalue weighted by molar-refractivity contribution is 9.10. The van der Waals surface area contributed by atoms with Crippen molar-refractivity contribution in [2.45, 2.75) is 13.5 Å². The van der Waals surface area contributed by atoms with Crippen LogP contribution >= 0.6 is 15.9 Å². The number of hydrogen-bond acceptors (Lipinski definition) is 4. The maximum absolute atomic E-state index is 10.8. The molecule has 6 nitrogen and oxygen atoms in total. The zero-order valence-electron chi connectivity index (χ0n) is 10.6. The quantitative estimate of drug-likeness (QED) is 0.693. The van der Waals surface area contributed by atoms with Gasteiger partial charge in [0, 0.05) is 41.2 Å². The van der Waals surface area contributed by atoms with Gasteiger partial charge in [-0.2, -0.15) is 0 Å². The normalized spacial score (nSPS) is 10.5. The molecule has 2 aromatic rings. The first-order valence-electron chi connectivity index (χ1n) is 5.63. The van der Waals surface area contributed by atoms with Crippen LogP contribution in [-0.2, 0) is 13.6 Å². The predicted octanol–water partition coefficient (Wildman–Crippen LogP) is 3.01. The van der Waals surface area contributed by atoms with E-state index in [1.54, 1.807) is 19.2 Å². The minimum absolute atomic E-state index is 0.106. The molecule has 100 valence electrons. The minimum Gasteiger partial charge on any atom is -0.377 e. The Morgan fingerprint density at radius 3 is 2.84 bits per heavy atom. The van der Waals surface area contributed by atoms with Crippen LogP contribution in [0.25, 0.3) is 0 Å². The van der Waals surface area contributed by atoms with Crippen LogP contribution in [-0.4, -0.2) is 14.5 Å². The zero-order chi connectivity index (χ0) is 14.0. The number of benzene rings is 1. The molecule has 0 aliphatic heterocycles. The molecule has 1 N–H and O–H groups in total. The van der Waals surface area contributed by atoms with Gasteiger partial charge in [-0.15, -0.1) is 0 Å². The van der Waals surface area contributed by atoms with E-state index in [9.17, 15) is 10.1 Å². The molecule has 0 unspecified atom stereocenters. The molecule has 0 fully saturated rings. The summed E-state index contributed by atoms with van der Waals surface area (Å²) in [4.78, 5) is 14.6. The van der Waals surface area contributed by atoms with Crippen molar-refractivity contribution in [3.8, 4) is 0 Å². The number of hydrogen-bond donors (Lipinski definition) is 1. The molecule has 0 radical (unpaired) electrons. The first-order chi connectivity index (χ1) is 8.99. The van der Waals surface area contributed by atoms with Crippen molar-refractivity contribution in [3.05, 3.63) is 50.5 Å². The number of aromatic nitrogens is 2. The molecule has 0 aliphatic rings. The van der Waals surface area contributed by atoms with E-state index in [4.69, 9.17) is 0 Å². The Bertz CT molecular complexity index is 624. The number of halogens is 1. The number of aryl methyl sites for hydroxylation is 2. The lowest BCUT2D eigenvalue weighted by Crippen LogP contribution is -2.06. The Balaban J connectivity index is 2.20. The van der Waals surface area contributed by atoms with Gasteiger partial charge in [-0.05, 0) is 28.9 Å². The second-order valence-electron chi connectivity index (χ2n) is 4.18. The van der Waals surface area contributed by atoms with Crippen molar-refractivity contribution in [2.24, 2.45) is 7.05 Å². The topological polar surface area (TPSA) is 73.0 Å². The number of imidazole rings is 1. The fourth-order valence-electron chi connectivity index (χ4n) is 1.74. The third-order valence-corrected chi connectivity index (χ3v) is 3.50. The van der Waals surface area contributed by atoms with Crippen molar-refractivity contribution in [3.63, 3.8) is 0 Å². The molecule has 1 heterocycles. The van der Waals surface area contributed by atoms with Crippen LogP contribution in [0.5, 0.6) is 0 Å². The van der Waals surface area contributed by atoms with E-state index in [0.29, 0.717) is 16.6 Å². The summed E-state index contributed by atoms with van der Waals surface area (Å²) < 4.78 is 2.58. The van der Waals surface area contributed by atoms with E-state index in [0.717, 1.165) is 11.5 Å². The van der Waals surface area contributed by atoms with Crippen LogP contribution in [0.4, 0.5) is 11.4 Å². The van der Waals surface area contributed by atoms with Gasteiger partial charge in [0.1, 0.15) is 5.82 Å². The molecule has 0 spiro atoms. The van der Waals surface area contributed by atoms with Gasteiger partial charge in [0.05, 0.1) is 11.5 Å². The van der Waals surface area contributed by atoms with Crippen molar-refractivity contribution < 1.29 is 4.92 Å². The average Bonchev–Trinajstić information content (AvgIpc) is 2.75. The summed E-state index contributed by atoms with van der Waals surface area (Å²) >= 11 is 3.34. The Hall–Kier alpha value is -1.89. The molecule has 0 saturated carbocycles. The highest BCUT2D eigenvalue weighted by atomic mass is 79.9. The number of nitrogens with zero attached hydrogens (tertiary/aromatic N) is 3. The summed E-state index contributed by atoms with van der Waals surface area (Å²) in [6.45, 7) is 2.27. The van der Waals surface area contributed by atoms with Crippen LogP contribution in [0.1, 0.15) is 11.4 Å². The first-order valence-corrected chi connectivity index (χ1v) is 6.43. The van der Waals surface area contributed by atoms with E-state index in [2.05, 4.69) is 26.2 Å². The zero-order valence-corrected chi connectivity index (χ0v) is 12.1. The van der Waals surface area contributed by atoms with Crippen LogP contribution in [0.3, 0.4) is 0 Å². The fourth-order valence-corrected chi connectivity index (χ4v) is 2.22. The van der Waals surface area contributed by atoms with E-state index < -0.39 is 0 Å². The van der Waals surface area contributed by atoms with Gasteiger partial charge >= 0.3 is 0 Å². The molecule has 7 heteroatoms. The standard InChI is InChI=1S/C12H13BrN4O2/c1-8-5-10(9(13)6-11(8)17(18)19)15-7-12-14-3-4-16(12)2/h3-6,15H,7H2,1-2H3. The Labute approximate surface area is 118 Å². The Morgan fingerprint density at radius 1 is 1.53 bits per heavy atom. The number of nitro groups is 1. The molecule has 0 atom stereocenters. The molecule has 19 heavy (non-hydrogen) atoms. The summed E-state index contributed by atoms with van der Waals surface area (Å²) in [7, 11) is 1.92. The van der Waals surface area contributed by atoms with E-state index in [1.807, 2.05) is 17.8 Å². The summed E-state index contributed by atoms with van der Waals surface area (Å²) in [5.74, 6) is 0.892. The number of rotatable bonds is 4. The molecular formula is C12H13BrN4O2. The monoisotopic (exact) mass is 324 g/mol. The minimum atomic E-state index is -0.386. The third-order valence-electron chi connectivity index (χ3n) is 2.84. The van der Waals surface area contributed by atoms with Crippen LogP contribution in [0, 0.1) is 17.0 Å². The molecule has 0 amide bonds. The summed E-state index contributed by atoms with van der Waals surface area (Å²) in [6, 6.07) is 3.27. The predicted molar refractivity (Wildman–Crippen MR) is 76.1 cm³/mol. The van der Waals surface area contributed by atoms with Crippen molar-refractivity contribution >= 4 is 27.3 Å². The van der Waals surface area contributed by atoms with Gasteiger partial charge in [-0.1, -0.05) is 0 Å². The van der Waals surface area contributed by atoms with Gasteiger partial charge in [0.25, 0.3) is 5.69 Å². The molecule has 1 aromatic carbocycles. The number of nitro benzene ring substituents is 1. The number of nitrogens with one attached hydrogen (secondary N) is 1. The molecule has 0 bridgehead atoms. The van der Waals surface area contributed by atoms with Crippen LogP contribution < -0.4 is 5.32 Å². The number of anilines is 1. The first kappa shape index (κ1) is 13.5. The second-order valence-corrected chi connectivity index (χ2v) is 5.04. The molecule has 1 aromatic heterocycles. The summed E-state index contributed by atoms with van der Waals surface area (Å²) in [6.07, 6.45) is 3.60. The lowest BCUT2D eigenvalue weighted by Gasteiger charge is -2.10. The van der Waals surface area contributed by atoms with Crippen LogP contribution in [0.2, 0.25) is 0 Å². The smallest absolute Gasteiger partial charge is 0.273 e. The molecular weight excluding hydrogens is 312 g/mol. The largest absolute Gasteiger partial charge is 0.377 e. The average molecular weight is 325 g/mol. The Kier molecular flexibility index (Phi) is 3.84. The van der Waals surface area contributed by atoms with Gasteiger partial charge in [0.2, 0.25) is 0 Å². The fraction of sp³-hybridized carbons (Fsp3) is 0.250. The van der Waals surface area contributed by atoms with Gasteiger partial charge in [0.15, 0.2) is 0 Å². The maximum atomic E-state index is 10.8. The highest BCUT2D eigenvalue weighted by Gasteiger charge is 2.14. The Morgan fingerprint density at radius 2 is 2.26 bits per heavy atom. The van der Waals surface area contributed by atoms with Crippen molar-refractivity contribution in [2.75, 3.05) is 5.32 Å². The SMILES string of the molecule is Cc1cc(NCc2nccn2C)c(Br)cc1[N+](=O)[O-]. The lowest BCUT2D eigenvalue weighted by molar-refractivity contribution is -0.385. The van der Waals surface area contributed by atoms with Crippen LogP contribution in [0.15, 0.2) is 29.0 Å². The third kappa shape index (κ3) is 2.93. The second kappa shape index (κ2) is 5.40. The lowest BCUT2D eigenvalue weighted by atomic mass is 10.2. The van der Waals surface area contributed by atoms with Crippen molar-refractivity contribution in [1.82, 2.24) is 9.55 Å². The van der Waals surface area contributed by atoms with E-state index in [1.165, 1.54) is 6.07 Å². The summed E-state index contributed by atoms with van der Waals surface area (Å²) in [5.41, 5.74) is 1.54. The van der Waals surface area contributed by atoms with Gasteiger partial charge in [-0.3, -0.25) is 10.1 Å². The molecule has 0 aliphatic carbocycles. The molecule has 2 rings (SSSR count). The van der Waals surface area contributed by atoms with E-state index in [-0.39, 0.29) is 10.6 Å². The van der Waals surface area contributed by atoms with Gasteiger partial charge in [-0.25, -0.2) is 4.98 Å².